The van der Waals surface area contributed by atoms with Crippen molar-refractivity contribution in [2.45, 2.75) is 9.79 Å². The highest BCUT2D eigenvalue weighted by Gasteiger charge is 2.22. The average molecular weight is 574 g/mol. The summed E-state index contributed by atoms with van der Waals surface area (Å²) >= 11 is 0. The number of azo groups is 1. The summed E-state index contributed by atoms with van der Waals surface area (Å²) < 4.78 is 97.1. The summed E-state index contributed by atoms with van der Waals surface area (Å²) in [4.78, 5) is 2.91. The molecule has 198 valence electrons. The van der Waals surface area contributed by atoms with Crippen molar-refractivity contribution in [2.24, 2.45) is 15.2 Å². The van der Waals surface area contributed by atoms with Gasteiger partial charge in [-0.05, 0) is 47.9 Å². The summed E-state index contributed by atoms with van der Waals surface area (Å²) in [6, 6.07) is 10.3. The number of nitrogens with zero attached hydrogens (tertiary/aromatic N) is 3. The van der Waals surface area contributed by atoms with Crippen molar-refractivity contribution in [3.05, 3.63) is 48.5 Å². The molecule has 0 aliphatic heterocycles. The molecule has 0 heterocycles. The van der Waals surface area contributed by atoms with Crippen LogP contribution in [0.3, 0.4) is 0 Å². The van der Waals surface area contributed by atoms with Crippen LogP contribution in [-0.2, 0) is 39.3 Å². The number of sulfone groups is 1. The summed E-state index contributed by atoms with van der Waals surface area (Å²) in [6.07, 6.45) is 1.14. The normalized spacial score (nSPS) is 13.1. The molecule has 0 bridgehead atoms. The number of fused-ring (bicyclic) bond motifs is 1. The molecule has 37 heavy (non-hydrogen) atoms. The maximum atomic E-state index is 12.4. The molecule has 0 aliphatic carbocycles. The number of hydrogen-bond donors (Lipinski definition) is 3. The number of aliphatic imine (C=N–C) groups is 1. The van der Waals surface area contributed by atoms with E-state index in [1.165, 1.54) is 43.5 Å². The molecule has 3 aromatic rings. The number of hydrogen-bond acceptors (Lipinski definition) is 12. The van der Waals surface area contributed by atoms with E-state index in [4.69, 9.17) is 9.29 Å². The minimum absolute atomic E-state index is 0.0817. The molecule has 0 fully saturated rings. The van der Waals surface area contributed by atoms with E-state index in [0.29, 0.717) is 5.69 Å². The van der Waals surface area contributed by atoms with Crippen LogP contribution in [0.1, 0.15) is 0 Å². The topological polar surface area (TPSA) is 219 Å². The Balaban J connectivity index is 2.02. The molecule has 0 unspecified atom stereocenters. The fraction of sp³-hybridized carbons (Fsp3) is 0.150. The number of benzene rings is 3. The lowest BCUT2D eigenvalue weighted by Crippen LogP contribution is -2.15. The maximum Gasteiger partial charge on any atom is 0.397 e. The van der Waals surface area contributed by atoms with Gasteiger partial charge >= 0.3 is 10.4 Å². The molecule has 0 atom stereocenters. The van der Waals surface area contributed by atoms with Crippen LogP contribution in [0.15, 0.2) is 73.5 Å². The van der Waals surface area contributed by atoms with Crippen molar-refractivity contribution in [3.63, 3.8) is 0 Å². The lowest BCUT2D eigenvalue weighted by molar-refractivity contribution is 0.284. The first-order valence-corrected chi connectivity index (χ1v) is 14.4. The van der Waals surface area contributed by atoms with Gasteiger partial charge in [0, 0.05) is 5.39 Å². The number of aromatic hydroxyl groups is 1. The highest BCUT2D eigenvalue weighted by atomic mass is 32.3. The van der Waals surface area contributed by atoms with Gasteiger partial charge < -0.3 is 9.84 Å². The third-order valence-corrected chi connectivity index (χ3v) is 7.65. The van der Waals surface area contributed by atoms with Crippen LogP contribution in [0.4, 0.5) is 17.1 Å². The van der Waals surface area contributed by atoms with E-state index in [0.717, 1.165) is 18.5 Å². The third kappa shape index (κ3) is 7.28. The Bertz CT molecular complexity index is 1720. The fourth-order valence-corrected chi connectivity index (χ4v) is 5.22. The first kappa shape index (κ1) is 28.1. The van der Waals surface area contributed by atoms with Gasteiger partial charge in [-0.15, -0.1) is 5.11 Å². The maximum absolute atomic E-state index is 12.4. The molecule has 0 saturated carbocycles. The number of rotatable bonds is 10. The molecular formula is C20H19N3O11S3. The Kier molecular flexibility index (Phi) is 8.25. The molecule has 17 heteroatoms. The lowest BCUT2D eigenvalue weighted by atomic mass is 10.1. The quantitative estimate of drug-likeness (QED) is 0.138. The Morgan fingerprint density at radius 2 is 1.65 bits per heavy atom. The number of phenolic OH excluding ortho intramolecular Hbond substituents is 1. The first-order valence-electron chi connectivity index (χ1n) is 9.90. The van der Waals surface area contributed by atoms with Crippen LogP contribution < -0.4 is 0 Å². The van der Waals surface area contributed by atoms with E-state index in [9.17, 15) is 34.9 Å². The first-order chi connectivity index (χ1) is 17.2. The molecule has 3 rings (SSSR count). The van der Waals surface area contributed by atoms with E-state index in [-0.39, 0.29) is 21.4 Å². The molecule has 3 N–H and O–H groups in total. The van der Waals surface area contributed by atoms with E-state index in [1.54, 1.807) is 0 Å². The Morgan fingerprint density at radius 1 is 0.919 bits per heavy atom. The molecule has 0 spiro atoms. The van der Waals surface area contributed by atoms with Gasteiger partial charge in [-0.25, -0.2) is 17.6 Å². The Hall–Kier alpha value is -3.48. The highest BCUT2D eigenvalue weighted by Crippen LogP contribution is 2.42. The van der Waals surface area contributed by atoms with Crippen LogP contribution in [0.5, 0.6) is 5.75 Å². The molecular weight excluding hydrogens is 554 g/mol. The van der Waals surface area contributed by atoms with Crippen LogP contribution >= 0.6 is 0 Å². The number of phenols is 1. The zero-order valence-corrected chi connectivity index (χ0v) is 21.2. The van der Waals surface area contributed by atoms with Crippen molar-refractivity contribution in [3.8, 4) is 5.75 Å². The standard InChI is InChI=1S/C20H19N3O11S3/c1-33-12-21-14-5-6-17-13(9-14)10-18(36(27,28)29)19(20(17)24)23-22-15-3-2-4-16(11-15)35(25,26)8-7-34-37(30,31)32/h2-6,9-12,24H,7-8H2,1H3,(H,27,28,29)(H,30,31,32). The molecule has 0 aliphatic rings. The second-order valence-electron chi connectivity index (χ2n) is 7.19. The molecule has 0 amide bonds. The summed E-state index contributed by atoms with van der Waals surface area (Å²) in [6.45, 7) is -0.839. The molecule has 0 saturated heterocycles. The van der Waals surface area contributed by atoms with Crippen molar-refractivity contribution in [2.75, 3.05) is 19.5 Å². The Morgan fingerprint density at radius 3 is 2.30 bits per heavy atom. The van der Waals surface area contributed by atoms with Gasteiger partial charge in [-0.2, -0.15) is 21.9 Å². The Labute approximate surface area is 211 Å². The van der Waals surface area contributed by atoms with E-state index in [2.05, 4.69) is 19.4 Å². The average Bonchev–Trinajstić information content (AvgIpc) is 2.80. The summed E-state index contributed by atoms with van der Waals surface area (Å²) in [5.41, 5.74) is -0.316. The van der Waals surface area contributed by atoms with Crippen LogP contribution in [0.25, 0.3) is 10.8 Å². The number of ether oxygens (including phenoxy) is 1. The minimum Gasteiger partial charge on any atom is -0.505 e. The van der Waals surface area contributed by atoms with Crippen molar-refractivity contribution < 1.29 is 48.4 Å². The van der Waals surface area contributed by atoms with Gasteiger partial charge in [-0.1, -0.05) is 6.07 Å². The molecule has 14 nitrogen and oxygen atoms in total. The van der Waals surface area contributed by atoms with Crippen molar-refractivity contribution in [1.82, 2.24) is 0 Å². The molecule has 0 aromatic heterocycles. The van der Waals surface area contributed by atoms with Gasteiger partial charge in [-0.3, -0.25) is 9.11 Å². The SMILES string of the molecule is COC=Nc1ccc2c(O)c(N=Nc3cccc(S(=O)(=O)CCOS(=O)(=O)O)c3)c(S(=O)(=O)O)cc2c1. The van der Waals surface area contributed by atoms with Gasteiger partial charge in [0.1, 0.15) is 10.6 Å². The summed E-state index contributed by atoms with van der Waals surface area (Å²) in [7, 11) is -12.4. The van der Waals surface area contributed by atoms with Crippen molar-refractivity contribution >= 4 is 64.6 Å². The van der Waals surface area contributed by atoms with E-state index in [1.807, 2.05) is 0 Å². The zero-order chi connectivity index (χ0) is 27.4. The van der Waals surface area contributed by atoms with Gasteiger partial charge in [0.15, 0.2) is 22.0 Å². The molecule has 0 radical (unpaired) electrons. The van der Waals surface area contributed by atoms with Gasteiger partial charge in [0.2, 0.25) is 0 Å². The fourth-order valence-electron chi connectivity index (χ4n) is 3.04. The monoisotopic (exact) mass is 573 g/mol. The smallest absolute Gasteiger partial charge is 0.397 e. The summed E-state index contributed by atoms with van der Waals surface area (Å²) in [5.74, 6) is -1.41. The highest BCUT2D eigenvalue weighted by molar-refractivity contribution is 7.91. The number of methoxy groups -OCH3 is 1. The van der Waals surface area contributed by atoms with Gasteiger partial charge in [0.25, 0.3) is 10.1 Å². The van der Waals surface area contributed by atoms with Crippen LogP contribution in [0.2, 0.25) is 0 Å². The zero-order valence-electron chi connectivity index (χ0n) is 18.8. The third-order valence-electron chi connectivity index (χ3n) is 4.65. The summed E-state index contributed by atoms with van der Waals surface area (Å²) in [5, 5.41) is 18.6. The van der Waals surface area contributed by atoms with Crippen molar-refractivity contribution in [1.29, 1.82) is 0 Å². The lowest BCUT2D eigenvalue weighted by Gasteiger charge is -2.09. The molecule has 3 aromatic carbocycles. The minimum atomic E-state index is -4.89. The van der Waals surface area contributed by atoms with E-state index >= 15 is 0 Å². The predicted molar refractivity (Wildman–Crippen MR) is 131 cm³/mol. The van der Waals surface area contributed by atoms with Crippen LogP contribution in [0, 0.1) is 0 Å². The predicted octanol–water partition coefficient (Wildman–Crippen LogP) is 3.11. The second-order valence-corrected chi connectivity index (χ2v) is 11.8. The second kappa shape index (κ2) is 10.9. The largest absolute Gasteiger partial charge is 0.505 e. The van der Waals surface area contributed by atoms with E-state index < -0.39 is 59.0 Å². The van der Waals surface area contributed by atoms with Crippen LogP contribution in [-0.4, -0.2) is 65.3 Å². The van der Waals surface area contributed by atoms with Gasteiger partial charge in [0.05, 0.1) is 35.7 Å².